The molecule has 100 valence electrons. The minimum Gasteiger partial charge on any atom is -0.497 e. The predicted molar refractivity (Wildman–Crippen MR) is 75.9 cm³/mol. The van der Waals surface area contributed by atoms with E-state index in [1.165, 1.54) is 5.56 Å². The standard InChI is InChI=1S/C16H25NO/c1-5-16(6-2)14(11(3)15(16)17)12-7-9-13(18-4)10-8-12/h7-11,14-15H,5-6,17H2,1-4H3. The first kappa shape index (κ1) is 13.4. The molecule has 2 rings (SSSR count). The average Bonchev–Trinajstić information content (AvgIpc) is 2.43. The maximum Gasteiger partial charge on any atom is 0.118 e. The molecule has 1 aromatic carbocycles. The van der Waals surface area contributed by atoms with Crippen molar-refractivity contribution >= 4 is 0 Å². The van der Waals surface area contributed by atoms with Crippen LogP contribution in [0.4, 0.5) is 0 Å². The summed E-state index contributed by atoms with van der Waals surface area (Å²) in [6.07, 6.45) is 2.32. The first-order chi connectivity index (χ1) is 8.60. The third-order valence-electron chi connectivity index (χ3n) is 5.17. The molecule has 2 heteroatoms. The maximum absolute atomic E-state index is 6.38. The van der Waals surface area contributed by atoms with Gasteiger partial charge >= 0.3 is 0 Å². The Balaban J connectivity index is 2.30. The molecule has 0 radical (unpaired) electrons. The number of nitrogens with two attached hydrogens (primary N) is 1. The van der Waals surface area contributed by atoms with Gasteiger partial charge in [-0.2, -0.15) is 0 Å². The second-order valence-electron chi connectivity index (χ2n) is 5.58. The molecule has 0 aromatic heterocycles. The van der Waals surface area contributed by atoms with Crippen LogP contribution in [0.15, 0.2) is 24.3 Å². The maximum atomic E-state index is 6.38. The van der Waals surface area contributed by atoms with Crippen LogP contribution < -0.4 is 10.5 Å². The van der Waals surface area contributed by atoms with Gasteiger partial charge in [0.1, 0.15) is 5.75 Å². The van der Waals surface area contributed by atoms with E-state index in [9.17, 15) is 0 Å². The molecule has 1 saturated carbocycles. The van der Waals surface area contributed by atoms with Gasteiger partial charge in [-0.15, -0.1) is 0 Å². The largest absolute Gasteiger partial charge is 0.497 e. The highest BCUT2D eigenvalue weighted by Gasteiger charge is 2.56. The topological polar surface area (TPSA) is 35.2 Å². The minimum absolute atomic E-state index is 0.286. The first-order valence-electron chi connectivity index (χ1n) is 7.00. The molecule has 2 nitrogen and oxygen atoms in total. The number of methoxy groups -OCH3 is 1. The zero-order valence-electron chi connectivity index (χ0n) is 11.9. The number of hydrogen-bond donors (Lipinski definition) is 1. The highest BCUT2D eigenvalue weighted by molar-refractivity contribution is 5.34. The SMILES string of the molecule is CCC1(CC)C(N)C(C)C1c1ccc(OC)cc1. The smallest absolute Gasteiger partial charge is 0.118 e. The van der Waals surface area contributed by atoms with Gasteiger partial charge < -0.3 is 10.5 Å². The van der Waals surface area contributed by atoms with Crippen LogP contribution in [0.5, 0.6) is 5.75 Å². The van der Waals surface area contributed by atoms with Crippen molar-refractivity contribution in [2.75, 3.05) is 7.11 Å². The molecule has 1 aliphatic rings. The molecule has 0 aliphatic heterocycles. The van der Waals surface area contributed by atoms with Crippen molar-refractivity contribution in [2.24, 2.45) is 17.1 Å². The summed E-state index contributed by atoms with van der Waals surface area (Å²) in [6.45, 7) is 6.82. The van der Waals surface area contributed by atoms with Gasteiger partial charge in [0.15, 0.2) is 0 Å². The van der Waals surface area contributed by atoms with E-state index in [1.54, 1.807) is 7.11 Å². The number of benzene rings is 1. The van der Waals surface area contributed by atoms with Crippen LogP contribution in [0.3, 0.4) is 0 Å². The zero-order valence-corrected chi connectivity index (χ0v) is 11.9. The summed E-state index contributed by atoms with van der Waals surface area (Å²) in [4.78, 5) is 0. The molecule has 0 spiro atoms. The lowest BCUT2D eigenvalue weighted by molar-refractivity contribution is -0.0179. The molecule has 1 aromatic rings. The second-order valence-corrected chi connectivity index (χ2v) is 5.58. The third kappa shape index (κ3) is 1.74. The highest BCUT2D eigenvalue weighted by Crippen LogP contribution is 2.59. The van der Waals surface area contributed by atoms with Gasteiger partial charge in [-0.05, 0) is 47.8 Å². The molecule has 0 amide bonds. The summed E-state index contributed by atoms with van der Waals surface area (Å²) in [6, 6.07) is 8.85. The quantitative estimate of drug-likeness (QED) is 0.883. The number of ether oxygens (including phenoxy) is 1. The Morgan fingerprint density at radius 1 is 1.17 bits per heavy atom. The average molecular weight is 247 g/mol. The van der Waals surface area contributed by atoms with Crippen molar-refractivity contribution in [3.63, 3.8) is 0 Å². The van der Waals surface area contributed by atoms with E-state index in [4.69, 9.17) is 10.5 Å². The molecule has 3 unspecified atom stereocenters. The molecule has 0 bridgehead atoms. The van der Waals surface area contributed by atoms with Gasteiger partial charge in [-0.3, -0.25) is 0 Å². The van der Waals surface area contributed by atoms with E-state index < -0.39 is 0 Å². The first-order valence-corrected chi connectivity index (χ1v) is 7.00. The van der Waals surface area contributed by atoms with Crippen LogP contribution in [0, 0.1) is 11.3 Å². The van der Waals surface area contributed by atoms with Gasteiger partial charge in [-0.25, -0.2) is 0 Å². The van der Waals surface area contributed by atoms with E-state index in [0.717, 1.165) is 18.6 Å². The van der Waals surface area contributed by atoms with Gasteiger partial charge in [0.2, 0.25) is 0 Å². The molecule has 1 aliphatic carbocycles. The van der Waals surface area contributed by atoms with E-state index in [0.29, 0.717) is 17.9 Å². The van der Waals surface area contributed by atoms with Crippen molar-refractivity contribution in [3.8, 4) is 5.75 Å². The van der Waals surface area contributed by atoms with E-state index >= 15 is 0 Å². The lowest BCUT2D eigenvalue weighted by Gasteiger charge is -2.59. The third-order valence-corrected chi connectivity index (χ3v) is 5.17. The summed E-state index contributed by atoms with van der Waals surface area (Å²) in [5, 5.41) is 0. The molecule has 0 heterocycles. The van der Waals surface area contributed by atoms with Gasteiger partial charge in [0.25, 0.3) is 0 Å². The van der Waals surface area contributed by atoms with Gasteiger partial charge in [0, 0.05) is 6.04 Å². The molecular formula is C16H25NO. The Morgan fingerprint density at radius 2 is 1.72 bits per heavy atom. The fraction of sp³-hybridized carbons (Fsp3) is 0.625. The monoisotopic (exact) mass is 247 g/mol. The second kappa shape index (κ2) is 4.93. The Labute approximate surface area is 111 Å². The van der Waals surface area contributed by atoms with Crippen LogP contribution in [-0.4, -0.2) is 13.2 Å². The van der Waals surface area contributed by atoms with Gasteiger partial charge in [0.05, 0.1) is 7.11 Å². The predicted octanol–water partition coefficient (Wildman–Crippen LogP) is 3.56. The van der Waals surface area contributed by atoms with Crippen LogP contribution in [0.2, 0.25) is 0 Å². The summed E-state index contributed by atoms with van der Waals surface area (Å²) < 4.78 is 5.23. The molecule has 2 N–H and O–H groups in total. The highest BCUT2D eigenvalue weighted by atomic mass is 16.5. The van der Waals surface area contributed by atoms with Crippen LogP contribution in [0.25, 0.3) is 0 Å². The Kier molecular flexibility index (Phi) is 3.67. The summed E-state index contributed by atoms with van der Waals surface area (Å²) >= 11 is 0. The fourth-order valence-corrected chi connectivity index (χ4v) is 3.95. The fourth-order valence-electron chi connectivity index (χ4n) is 3.95. The summed E-state index contributed by atoms with van der Waals surface area (Å²) in [5.41, 5.74) is 8.08. The Hall–Kier alpha value is -1.02. The van der Waals surface area contributed by atoms with Crippen molar-refractivity contribution in [1.29, 1.82) is 0 Å². The molecule has 18 heavy (non-hydrogen) atoms. The van der Waals surface area contributed by atoms with Crippen molar-refractivity contribution < 1.29 is 4.74 Å². The zero-order chi connectivity index (χ0) is 13.3. The molecule has 3 atom stereocenters. The number of rotatable bonds is 4. The van der Waals surface area contributed by atoms with Crippen LogP contribution in [0.1, 0.15) is 45.1 Å². The van der Waals surface area contributed by atoms with Gasteiger partial charge in [-0.1, -0.05) is 32.9 Å². The van der Waals surface area contributed by atoms with Crippen molar-refractivity contribution in [2.45, 2.75) is 45.6 Å². The summed E-state index contributed by atoms with van der Waals surface area (Å²) in [7, 11) is 1.71. The van der Waals surface area contributed by atoms with E-state index in [-0.39, 0.29) is 5.41 Å². The lowest BCUT2D eigenvalue weighted by Crippen LogP contribution is -2.62. The molecular weight excluding hydrogens is 222 g/mol. The normalized spacial score (nSPS) is 29.7. The lowest BCUT2D eigenvalue weighted by atomic mass is 9.47. The Bertz CT molecular complexity index is 394. The summed E-state index contributed by atoms with van der Waals surface area (Å²) in [5.74, 6) is 2.08. The molecule has 0 saturated heterocycles. The van der Waals surface area contributed by atoms with Crippen molar-refractivity contribution in [3.05, 3.63) is 29.8 Å². The minimum atomic E-state index is 0.286. The van der Waals surface area contributed by atoms with Crippen LogP contribution in [-0.2, 0) is 0 Å². The molecule has 1 fully saturated rings. The number of hydrogen-bond acceptors (Lipinski definition) is 2. The van der Waals surface area contributed by atoms with Crippen LogP contribution >= 0.6 is 0 Å². The van der Waals surface area contributed by atoms with Crippen molar-refractivity contribution in [1.82, 2.24) is 0 Å². The Morgan fingerprint density at radius 3 is 2.17 bits per heavy atom. The van der Waals surface area contributed by atoms with E-state index in [2.05, 4.69) is 45.0 Å². The van der Waals surface area contributed by atoms with E-state index in [1.807, 2.05) is 0 Å².